The molecule has 0 spiro atoms. The molecule has 152 valence electrons. The van der Waals surface area contributed by atoms with Crippen molar-refractivity contribution in [2.75, 3.05) is 0 Å². The molecule has 3 rings (SSSR count). The summed E-state index contributed by atoms with van der Waals surface area (Å²) in [7, 11) is 0. The molecule has 30 heavy (non-hydrogen) atoms. The number of ether oxygens (including phenoxy) is 1. The van der Waals surface area contributed by atoms with Crippen molar-refractivity contribution in [1.29, 1.82) is 0 Å². The molecule has 0 amide bonds. The Bertz CT molecular complexity index is 1260. The van der Waals surface area contributed by atoms with E-state index in [0.29, 0.717) is 16.9 Å². The minimum Gasteiger partial charge on any atom is -0.489 e. The lowest BCUT2D eigenvalue weighted by molar-refractivity contribution is -0.386. The first-order valence-corrected chi connectivity index (χ1v) is 8.49. The van der Waals surface area contributed by atoms with Gasteiger partial charge in [-0.1, -0.05) is 30.3 Å². The molecule has 0 radical (unpaired) electrons. The van der Waals surface area contributed by atoms with E-state index in [1.54, 1.807) is 47.4 Å². The van der Waals surface area contributed by atoms with Gasteiger partial charge in [-0.25, -0.2) is 4.79 Å². The van der Waals surface area contributed by atoms with Crippen LogP contribution in [0, 0.1) is 20.2 Å². The summed E-state index contributed by atoms with van der Waals surface area (Å²) in [6.07, 6.45) is 2.69. The highest BCUT2D eigenvalue weighted by atomic mass is 16.6. The van der Waals surface area contributed by atoms with E-state index in [-0.39, 0.29) is 18.0 Å². The zero-order valence-electron chi connectivity index (χ0n) is 15.2. The first kappa shape index (κ1) is 20.2. The Hall–Kier alpha value is -4.54. The van der Waals surface area contributed by atoms with E-state index < -0.39 is 26.8 Å². The van der Waals surface area contributed by atoms with Crippen molar-refractivity contribution in [3.8, 4) is 5.75 Å². The Balaban J connectivity index is 1.82. The number of nitrogens with one attached hydrogen (secondary N) is 2. The van der Waals surface area contributed by atoms with Crippen LogP contribution in [0.1, 0.15) is 16.8 Å². The molecule has 0 aliphatic rings. The maximum Gasteiger partial charge on any atom is 0.357 e. The first-order valence-electron chi connectivity index (χ1n) is 8.49. The summed E-state index contributed by atoms with van der Waals surface area (Å²) in [6.45, 7) is -0.0306. The van der Waals surface area contributed by atoms with E-state index in [1.807, 2.05) is 0 Å². The third-order valence-corrected chi connectivity index (χ3v) is 4.01. The van der Waals surface area contributed by atoms with Crippen LogP contribution in [-0.2, 0) is 6.61 Å². The quantitative estimate of drug-likeness (QED) is 0.447. The molecule has 1 aromatic heterocycles. The molecule has 0 bridgehead atoms. The number of hydrogen-bond acceptors (Lipinski definition) is 7. The lowest BCUT2D eigenvalue weighted by atomic mass is 10.1. The molecule has 0 unspecified atom stereocenters. The lowest BCUT2D eigenvalue weighted by Crippen LogP contribution is -2.25. The van der Waals surface area contributed by atoms with Crippen LogP contribution in [-0.4, -0.2) is 19.8 Å². The van der Waals surface area contributed by atoms with Crippen LogP contribution >= 0.6 is 0 Å². The number of para-hydroxylation sites is 1. The van der Waals surface area contributed by atoms with E-state index >= 15 is 0 Å². The largest absolute Gasteiger partial charge is 0.489 e. The second-order valence-electron chi connectivity index (χ2n) is 6.01. The van der Waals surface area contributed by atoms with Gasteiger partial charge in [-0.05, 0) is 29.8 Å². The van der Waals surface area contributed by atoms with Gasteiger partial charge in [-0.2, -0.15) is 0 Å². The number of rotatable bonds is 7. The molecule has 0 fully saturated rings. The second kappa shape index (κ2) is 8.65. The van der Waals surface area contributed by atoms with Crippen LogP contribution in [0.5, 0.6) is 5.75 Å². The highest BCUT2D eigenvalue weighted by Crippen LogP contribution is 2.22. The summed E-state index contributed by atoms with van der Waals surface area (Å²) < 4.78 is 5.62. The van der Waals surface area contributed by atoms with Crippen LogP contribution in [0.2, 0.25) is 0 Å². The molecule has 11 heteroatoms. The van der Waals surface area contributed by atoms with Crippen LogP contribution in [0.25, 0.3) is 12.2 Å². The number of hydrogen-bond donors (Lipinski definition) is 2. The van der Waals surface area contributed by atoms with Gasteiger partial charge in [0.2, 0.25) is 0 Å². The topological polar surface area (TPSA) is 161 Å². The number of H-pyrrole nitrogens is 2. The normalized spacial score (nSPS) is 10.8. The summed E-state index contributed by atoms with van der Waals surface area (Å²) in [5, 5.41) is 22.2. The standard InChI is InChI=1S/C19H14N4O7/c24-18-17(23(28)29)15(20-19(25)21-18)9-8-12-4-3-6-14(10-12)30-11-13-5-1-2-7-16(13)22(26)27/h1-10H,11H2,(H2,20,21,24,25)/b9-8+. The second-order valence-corrected chi connectivity index (χ2v) is 6.01. The average Bonchev–Trinajstić information content (AvgIpc) is 2.70. The summed E-state index contributed by atoms with van der Waals surface area (Å²) in [6, 6.07) is 12.8. The third-order valence-electron chi connectivity index (χ3n) is 4.01. The van der Waals surface area contributed by atoms with Gasteiger partial charge in [-0.15, -0.1) is 0 Å². The van der Waals surface area contributed by atoms with Crippen LogP contribution in [0.4, 0.5) is 11.4 Å². The van der Waals surface area contributed by atoms with Gasteiger partial charge in [0.1, 0.15) is 18.1 Å². The average molecular weight is 410 g/mol. The number of nitro groups is 2. The summed E-state index contributed by atoms with van der Waals surface area (Å²) in [4.78, 5) is 47.8. The Morgan fingerprint density at radius 1 is 0.933 bits per heavy atom. The smallest absolute Gasteiger partial charge is 0.357 e. The van der Waals surface area contributed by atoms with E-state index in [0.717, 1.165) is 0 Å². The Morgan fingerprint density at radius 2 is 1.70 bits per heavy atom. The SMILES string of the molecule is O=c1[nH]c(/C=C/c2cccc(OCc3ccccc3[N+](=O)[O-])c2)c([N+](=O)[O-])c(=O)[nH]1. The summed E-state index contributed by atoms with van der Waals surface area (Å²) in [5.41, 5.74) is -2.10. The Kier molecular flexibility index (Phi) is 5.82. The molecular formula is C19H14N4O7. The predicted molar refractivity (Wildman–Crippen MR) is 107 cm³/mol. The van der Waals surface area contributed by atoms with Gasteiger partial charge in [0.15, 0.2) is 0 Å². The minimum atomic E-state index is -1.11. The molecule has 0 aliphatic heterocycles. The van der Waals surface area contributed by atoms with Crippen LogP contribution in [0.3, 0.4) is 0 Å². The summed E-state index contributed by atoms with van der Waals surface area (Å²) >= 11 is 0. The molecule has 0 aliphatic carbocycles. The van der Waals surface area contributed by atoms with Crippen molar-refractivity contribution in [2.24, 2.45) is 0 Å². The lowest BCUT2D eigenvalue weighted by Gasteiger charge is -2.07. The van der Waals surface area contributed by atoms with Gasteiger partial charge < -0.3 is 9.72 Å². The fraction of sp³-hybridized carbons (Fsp3) is 0.0526. The molecule has 0 atom stereocenters. The van der Waals surface area contributed by atoms with Gasteiger partial charge in [0, 0.05) is 6.07 Å². The van der Waals surface area contributed by atoms with Crippen molar-refractivity contribution in [3.05, 3.63) is 106 Å². The molecule has 11 nitrogen and oxygen atoms in total. The van der Waals surface area contributed by atoms with Crippen molar-refractivity contribution in [3.63, 3.8) is 0 Å². The number of aromatic nitrogens is 2. The maximum atomic E-state index is 11.6. The van der Waals surface area contributed by atoms with E-state index in [2.05, 4.69) is 4.98 Å². The number of nitrogens with zero attached hydrogens (tertiary/aromatic N) is 2. The fourth-order valence-corrected chi connectivity index (χ4v) is 2.66. The van der Waals surface area contributed by atoms with E-state index in [4.69, 9.17) is 4.74 Å². The third kappa shape index (κ3) is 4.65. The molecule has 2 aromatic carbocycles. The molecular weight excluding hydrogens is 396 g/mol. The monoisotopic (exact) mass is 410 g/mol. The van der Waals surface area contributed by atoms with Gasteiger partial charge >= 0.3 is 16.9 Å². The van der Waals surface area contributed by atoms with Crippen molar-refractivity contribution in [1.82, 2.24) is 9.97 Å². The summed E-state index contributed by atoms with van der Waals surface area (Å²) in [5.74, 6) is 0.407. The number of aromatic amines is 2. The highest BCUT2D eigenvalue weighted by molar-refractivity contribution is 5.72. The number of nitro benzene ring substituents is 1. The van der Waals surface area contributed by atoms with Crippen LogP contribution < -0.4 is 16.0 Å². The minimum absolute atomic E-state index is 0.0306. The van der Waals surface area contributed by atoms with Crippen molar-refractivity contribution < 1.29 is 14.6 Å². The maximum absolute atomic E-state index is 11.6. The highest BCUT2D eigenvalue weighted by Gasteiger charge is 2.18. The van der Waals surface area contributed by atoms with E-state index in [9.17, 15) is 29.8 Å². The molecule has 0 saturated heterocycles. The first-order chi connectivity index (χ1) is 14.3. The molecule has 2 N–H and O–H groups in total. The Labute approximate surface area is 167 Å². The zero-order valence-corrected chi connectivity index (χ0v) is 15.2. The number of benzene rings is 2. The van der Waals surface area contributed by atoms with Gasteiger partial charge in [0.25, 0.3) is 5.69 Å². The van der Waals surface area contributed by atoms with Gasteiger partial charge in [-0.3, -0.25) is 30.0 Å². The predicted octanol–water partition coefficient (Wildman–Crippen LogP) is 2.63. The molecule has 3 aromatic rings. The van der Waals surface area contributed by atoms with Crippen molar-refractivity contribution in [2.45, 2.75) is 6.61 Å². The van der Waals surface area contributed by atoms with E-state index in [1.165, 1.54) is 18.2 Å². The fourth-order valence-electron chi connectivity index (χ4n) is 2.66. The Morgan fingerprint density at radius 3 is 2.43 bits per heavy atom. The van der Waals surface area contributed by atoms with Crippen LogP contribution in [0.15, 0.2) is 58.1 Å². The molecule has 0 saturated carbocycles. The zero-order chi connectivity index (χ0) is 21.7. The van der Waals surface area contributed by atoms with Crippen molar-refractivity contribution >= 4 is 23.5 Å². The molecule has 1 heterocycles. The van der Waals surface area contributed by atoms with Gasteiger partial charge in [0.05, 0.1) is 15.4 Å².